The summed E-state index contributed by atoms with van der Waals surface area (Å²) in [5.74, 6) is 0. The highest BCUT2D eigenvalue weighted by Crippen LogP contribution is 2.47. The first-order valence-corrected chi connectivity index (χ1v) is 18.5. The van der Waals surface area contributed by atoms with Gasteiger partial charge in [0.1, 0.15) is 0 Å². The van der Waals surface area contributed by atoms with Crippen LogP contribution in [0, 0.1) is 0 Å². The molecule has 0 atom stereocenters. The zero-order valence-electron chi connectivity index (χ0n) is 29.2. The molecule has 0 aliphatic heterocycles. The summed E-state index contributed by atoms with van der Waals surface area (Å²) in [5.41, 5.74) is 16.7. The molecule has 12 rings (SSSR count). The van der Waals surface area contributed by atoms with Gasteiger partial charge in [0.05, 0.1) is 27.8 Å². The van der Waals surface area contributed by atoms with Gasteiger partial charge < -0.3 is 9.13 Å². The minimum Gasteiger partial charge on any atom is -0.309 e. The van der Waals surface area contributed by atoms with Gasteiger partial charge in [0.2, 0.25) is 0 Å². The Kier molecular flexibility index (Phi) is 6.05. The molecule has 0 spiro atoms. The Balaban J connectivity index is 1.05. The molecule has 11 aromatic rings. The smallest absolute Gasteiger partial charge is 0.0792 e. The SMILES string of the molecule is c1ccc(-n2c3ccccc3c3cc(-c4ccc5c(c4)c4cc(-c6ccc7c(c6)-c6nccc8cccc-7c68)ccc4n5-c4ccccc4)ccc32)cc1. The molecule has 3 aromatic heterocycles. The van der Waals surface area contributed by atoms with Gasteiger partial charge in [0.15, 0.2) is 0 Å². The number of hydrogen-bond acceptors (Lipinski definition) is 1. The van der Waals surface area contributed by atoms with E-state index in [0.717, 1.165) is 11.4 Å². The van der Waals surface area contributed by atoms with Crippen molar-refractivity contribution < 1.29 is 0 Å². The summed E-state index contributed by atoms with van der Waals surface area (Å²) in [6, 6.07) is 66.5. The largest absolute Gasteiger partial charge is 0.309 e. The van der Waals surface area contributed by atoms with E-state index in [4.69, 9.17) is 4.98 Å². The molecule has 0 N–H and O–H groups in total. The third kappa shape index (κ3) is 4.15. The standard InChI is InChI=1S/C51H31N3/c1-3-11-37(12-4-1)53-46-17-8-7-15-40(46)42-28-34(19-23-47(42)53)36-21-25-49-44(30-36)43-29-35(20-24-48(43)54(49)38-13-5-2-6-14-38)33-18-22-39-41-16-9-10-32-26-27-52-51(50(32)41)45(39)31-33/h1-31H. The number of para-hydroxylation sites is 3. The van der Waals surface area contributed by atoms with Crippen molar-refractivity contribution in [3.05, 3.63) is 188 Å². The van der Waals surface area contributed by atoms with Gasteiger partial charge in [-0.05, 0) is 118 Å². The van der Waals surface area contributed by atoms with Gasteiger partial charge in [-0.3, -0.25) is 4.98 Å². The first-order chi connectivity index (χ1) is 26.8. The maximum absolute atomic E-state index is 4.87. The molecule has 1 aliphatic carbocycles. The number of pyridine rings is 1. The van der Waals surface area contributed by atoms with E-state index in [0.29, 0.717) is 0 Å². The van der Waals surface area contributed by atoms with E-state index in [1.54, 1.807) is 0 Å². The lowest BCUT2D eigenvalue weighted by atomic mass is 9.96. The summed E-state index contributed by atoms with van der Waals surface area (Å²) in [6.07, 6.45) is 1.93. The minimum atomic E-state index is 1.08. The van der Waals surface area contributed by atoms with Crippen molar-refractivity contribution in [2.75, 3.05) is 0 Å². The topological polar surface area (TPSA) is 22.8 Å². The maximum atomic E-state index is 4.87. The van der Waals surface area contributed by atoms with Crippen LogP contribution in [0.4, 0.5) is 0 Å². The van der Waals surface area contributed by atoms with Crippen LogP contribution in [0.5, 0.6) is 0 Å². The van der Waals surface area contributed by atoms with Crippen LogP contribution >= 0.6 is 0 Å². The summed E-state index contributed by atoms with van der Waals surface area (Å²) in [6.45, 7) is 0. The monoisotopic (exact) mass is 685 g/mol. The van der Waals surface area contributed by atoms with E-state index in [2.05, 4.69) is 191 Å². The van der Waals surface area contributed by atoms with E-state index in [9.17, 15) is 0 Å². The average molecular weight is 686 g/mol. The van der Waals surface area contributed by atoms with Crippen molar-refractivity contribution in [1.29, 1.82) is 0 Å². The second-order valence-corrected chi connectivity index (χ2v) is 14.4. The number of benzene rings is 8. The summed E-state index contributed by atoms with van der Waals surface area (Å²) in [5, 5.41) is 7.48. The molecule has 0 amide bonds. The Morgan fingerprint density at radius 3 is 1.48 bits per heavy atom. The van der Waals surface area contributed by atoms with E-state index in [-0.39, 0.29) is 0 Å². The quantitative estimate of drug-likeness (QED) is 0.181. The Hall–Kier alpha value is -7.23. The van der Waals surface area contributed by atoms with E-state index >= 15 is 0 Å². The summed E-state index contributed by atoms with van der Waals surface area (Å²) in [7, 11) is 0. The number of rotatable bonds is 4. The molecule has 0 radical (unpaired) electrons. The average Bonchev–Trinajstić information content (AvgIpc) is 3.87. The van der Waals surface area contributed by atoms with Crippen molar-refractivity contribution in [2.45, 2.75) is 0 Å². The summed E-state index contributed by atoms with van der Waals surface area (Å²) < 4.78 is 4.78. The van der Waals surface area contributed by atoms with Gasteiger partial charge in [-0.1, -0.05) is 103 Å². The molecule has 0 fully saturated rings. The Morgan fingerprint density at radius 2 is 0.852 bits per heavy atom. The third-order valence-electron chi connectivity index (χ3n) is 11.5. The van der Waals surface area contributed by atoms with Crippen molar-refractivity contribution >= 4 is 54.4 Å². The van der Waals surface area contributed by atoms with E-state index in [1.165, 1.54) is 99.0 Å². The maximum Gasteiger partial charge on any atom is 0.0792 e. The predicted octanol–water partition coefficient (Wildman–Crippen LogP) is 13.4. The number of hydrogen-bond donors (Lipinski definition) is 0. The van der Waals surface area contributed by atoms with Crippen molar-refractivity contribution in [2.24, 2.45) is 0 Å². The highest BCUT2D eigenvalue weighted by Gasteiger charge is 2.23. The van der Waals surface area contributed by atoms with E-state index in [1.807, 2.05) is 6.20 Å². The van der Waals surface area contributed by atoms with Gasteiger partial charge in [-0.25, -0.2) is 0 Å². The first kappa shape index (κ1) is 29.4. The molecule has 250 valence electrons. The van der Waals surface area contributed by atoms with Crippen LogP contribution < -0.4 is 0 Å². The number of aromatic nitrogens is 3. The molecule has 0 saturated carbocycles. The lowest BCUT2D eigenvalue weighted by Gasteiger charge is -2.09. The molecule has 3 nitrogen and oxygen atoms in total. The molecule has 8 aromatic carbocycles. The lowest BCUT2D eigenvalue weighted by molar-refractivity contribution is 1.18. The minimum absolute atomic E-state index is 1.08. The highest BCUT2D eigenvalue weighted by molar-refractivity contribution is 6.16. The van der Waals surface area contributed by atoms with Crippen LogP contribution in [-0.4, -0.2) is 14.1 Å². The van der Waals surface area contributed by atoms with Gasteiger partial charge in [0.25, 0.3) is 0 Å². The summed E-state index contributed by atoms with van der Waals surface area (Å²) >= 11 is 0. The molecule has 0 bridgehead atoms. The fraction of sp³-hybridized carbons (Fsp3) is 0. The molecule has 0 unspecified atom stereocenters. The van der Waals surface area contributed by atoms with Crippen LogP contribution in [0.15, 0.2) is 188 Å². The van der Waals surface area contributed by atoms with Crippen LogP contribution in [0.25, 0.3) is 110 Å². The van der Waals surface area contributed by atoms with Crippen molar-refractivity contribution in [1.82, 2.24) is 14.1 Å². The predicted molar refractivity (Wildman–Crippen MR) is 226 cm³/mol. The lowest BCUT2D eigenvalue weighted by Crippen LogP contribution is -1.93. The van der Waals surface area contributed by atoms with Crippen molar-refractivity contribution in [3.63, 3.8) is 0 Å². The van der Waals surface area contributed by atoms with Crippen LogP contribution in [0.2, 0.25) is 0 Å². The molecule has 54 heavy (non-hydrogen) atoms. The number of nitrogens with zero attached hydrogens (tertiary/aromatic N) is 3. The summed E-state index contributed by atoms with van der Waals surface area (Å²) in [4.78, 5) is 4.87. The van der Waals surface area contributed by atoms with Crippen molar-refractivity contribution in [3.8, 4) is 56.0 Å². The molecule has 3 heterocycles. The van der Waals surface area contributed by atoms with E-state index < -0.39 is 0 Å². The molecular formula is C51H31N3. The fourth-order valence-electron chi connectivity index (χ4n) is 9.06. The number of fused-ring (bicyclic) bond motifs is 9. The molecule has 3 heteroatoms. The molecule has 0 saturated heterocycles. The highest BCUT2D eigenvalue weighted by atomic mass is 15.0. The van der Waals surface area contributed by atoms with Gasteiger partial charge in [-0.2, -0.15) is 0 Å². The first-order valence-electron chi connectivity index (χ1n) is 18.5. The van der Waals surface area contributed by atoms with Gasteiger partial charge in [-0.15, -0.1) is 0 Å². The Bertz CT molecular complexity index is 3310. The van der Waals surface area contributed by atoms with Crippen LogP contribution in [-0.2, 0) is 0 Å². The third-order valence-corrected chi connectivity index (χ3v) is 11.5. The van der Waals surface area contributed by atoms with Gasteiger partial charge >= 0.3 is 0 Å². The normalized spacial score (nSPS) is 12.1. The zero-order valence-corrected chi connectivity index (χ0v) is 29.2. The Labute approximate surface area is 311 Å². The Morgan fingerprint density at radius 1 is 0.333 bits per heavy atom. The van der Waals surface area contributed by atoms with Crippen LogP contribution in [0.1, 0.15) is 0 Å². The van der Waals surface area contributed by atoms with Crippen LogP contribution in [0.3, 0.4) is 0 Å². The second kappa shape index (κ2) is 11.1. The fourth-order valence-corrected chi connectivity index (χ4v) is 9.06. The molecular weight excluding hydrogens is 655 g/mol. The second-order valence-electron chi connectivity index (χ2n) is 14.4. The zero-order chi connectivity index (χ0) is 35.3. The molecule has 1 aliphatic rings. The van der Waals surface area contributed by atoms with Gasteiger partial charge in [0, 0.05) is 50.1 Å².